The number of hydrogen-bond donors (Lipinski definition) is 2. The van der Waals surface area contributed by atoms with E-state index in [1.54, 1.807) is 0 Å². The van der Waals surface area contributed by atoms with Gasteiger partial charge >= 0.3 is 0 Å². The van der Waals surface area contributed by atoms with E-state index in [9.17, 15) is 4.79 Å². The summed E-state index contributed by atoms with van der Waals surface area (Å²) >= 11 is 4.28. The Morgan fingerprint density at radius 2 is 2.36 bits per heavy atom. The third-order valence-electron chi connectivity index (χ3n) is 1.73. The van der Waals surface area contributed by atoms with Crippen molar-refractivity contribution in [2.24, 2.45) is 5.14 Å². The SMILES string of the molecule is Cc1cc(SN)ccc1NC(=O)CBr. The summed E-state index contributed by atoms with van der Waals surface area (Å²) in [4.78, 5) is 12.1. The fraction of sp³-hybridized carbons (Fsp3) is 0.222. The van der Waals surface area contributed by atoms with Crippen LogP contribution >= 0.6 is 27.9 Å². The number of rotatable bonds is 3. The van der Waals surface area contributed by atoms with Crippen molar-refractivity contribution in [3.63, 3.8) is 0 Å². The van der Waals surface area contributed by atoms with Crippen molar-refractivity contribution >= 4 is 39.5 Å². The van der Waals surface area contributed by atoms with Crippen LogP contribution in [0, 0.1) is 6.92 Å². The van der Waals surface area contributed by atoms with Crippen molar-refractivity contribution < 1.29 is 4.79 Å². The molecule has 0 saturated heterocycles. The number of nitrogens with two attached hydrogens (primary N) is 1. The number of carbonyl (C=O) groups excluding carboxylic acids is 1. The second-order valence-corrected chi connectivity index (χ2v) is 4.04. The lowest BCUT2D eigenvalue weighted by Crippen LogP contribution is -2.13. The number of halogens is 1. The molecule has 76 valence electrons. The lowest BCUT2D eigenvalue weighted by molar-refractivity contribution is -0.113. The maximum Gasteiger partial charge on any atom is 0.235 e. The van der Waals surface area contributed by atoms with Crippen LogP contribution in [0.2, 0.25) is 0 Å². The average Bonchev–Trinajstić information content (AvgIpc) is 2.20. The third kappa shape index (κ3) is 3.01. The molecule has 0 bridgehead atoms. The summed E-state index contributed by atoms with van der Waals surface area (Å²) in [5, 5.41) is 8.50. The van der Waals surface area contributed by atoms with Gasteiger partial charge in [0.05, 0.1) is 5.33 Å². The first-order valence-corrected chi connectivity index (χ1v) is 6.00. The van der Waals surface area contributed by atoms with Crippen LogP contribution in [0.3, 0.4) is 0 Å². The van der Waals surface area contributed by atoms with Crippen molar-refractivity contribution in [2.75, 3.05) is 10.6 Å². The van der Waals surface area contributed by atoms with E-state index in [-0.39, 0.29) is 5.91 Å². The van der Waals surface area contributed by atoms with Crippen LogP contribution in [0.4, 0.5) is 5.69 Å². The van der Waals surface area contributed by atoms with Gasteiger partial charge in [-0.15, -0.1) is 0 Å². The number of nitrogens with one attached hydrogen (secondary N) is 1. The molecule has 0 aromatic heterocycles. The van der Waals surface area contributed by atoms with Crippen LogP contribution in [-0.2, 0) is 4.79 Å². The molecule has 0 spiro atoms. The minimum absolute atomic E-state index is 0.0544. The molecule has 0 aliphatic rings. The zero-order valence-electron chi connectivity index (χ0n) is 7.71. The van der Waals surface area contributed by atoms with Gasteiger partial charge in [-0.25, -0.2) is 0 Å². The van der Waals surface area contributed by atoms with Crippen molar-refractivity contribution in [1.29, 1.82) is 0 Å². The monoisotopic (exact) mass is 274 g/mol. The molecule has 0 fully saturated rings. The number of aryl methyl sites for hydroxylation is 1. The Labute approximate surface area is 95.7 Å². The topological polar surface area (TPSA) is 55.1 Å². The van der Waals surface area contributed by atoms with Gasteiger partial charge in [-0.2, -0.15) is 0 Å². The molecular formula is C9H11BrN2OS. The number of anilines is 1. The van der Waals surface area contributed by atoms with E-state index >= 15 is 0 Å². The predicted octanol–water partition coefficient (Wildman–Crippen LogP) is 2.29. The lowest BCUT2D eigenvalue weighted by Gasteiger charge is -2.07. The highest BCUT2D eigenvalue weighted by atomic mass is 79.9. The van der Waals surface area contributed by atoms with Crippen LogP contribution in [0.5, 0.6) is 0 Å². The Bertz CT molecular complexity index is 344. The summed E-state index contributed by atoms with van der Waals surface area (Å²) < 4.78 is 0. The molecule has 14 heavy (non-hydrogen) atoms. The van der Waals surface area contributed by atoms with E-state index in [2.05, 4.69) is 21.2 Å². The highest BCUT2D eigenvalue weighted by Crippen LogP contribution is 2.20. The first kappa shape index (κ1) is 11.6. The summed E-state index contributed by atoms with van der Waals surface area (Å²) in [5.74, 6) is -0.0544. The first-order chi connectivity index (χ1) is 6.67. The number of benzene rings is 1. The zero-order valence-corrected chi connectivity index (χ0v) is 10.1. The van der Waals surface area contributed by atoms with Gasteiger partial charge in [0, 0.05) is 10.6 Å². The van der Waals surface area contributed by atoms with Gasteiger partial charge in [-0.3, -0.25) is 9.93 Å². The smallest absolute Gasteiger partial charge is 0.235 e. The van der Waals surface area contributed by atoms with Crippen LogP contribution < -0.4 is 10.5 Å². The molecule has 3 N–H and O–H groups in total. The minimum Gasteiger partial charge on any atom is -0.325 e. The quantitative estimate of drug-likeness (QED) is 0.657. The number of hydrogen-bond acceptors (Lipinski definition) is 3. The number of alkyl halides is 1. The molecule has 1 rings (SSSR count). The van der Waals surface area contributed by atoms with Crippen LogP contribution in [0.25, 0.3) is 0 Å². The molecule has 0 heterocycles. The van der Waals surface area contributed by atoms with E-state index in [1.807, 2.05) is 25.1 Å². The summed E-state index contributed by atoms with van der Waals surface area (Å²) in [6, 6.07) is 5.67. The van der Waals surface area contributed by atoms with Crippen molar-refractivity contribution in [3.05, 3.63) is 23.8 Å². The second kappa shape index (κ2) is 5.38. The Balaban J connectivity index is 2.83. The Morgan fingerprint density at radius 3 is 2.86 bits per heavy atom. The van der Waals surface area contributed by atoms with Gasteiger partial charge in [0.25, 0.3) is 0 Å². The van der Waals surface area contributed by atoms with Crippen LogP contribution in [0.1, 0.15) is 5.56 Å². The van der Waals surface area contributed by atoms with Gasteiger partial charge in [0.2, 0.25) is 5.91 Å². The van der Waals surface area contributed by atoms with E-state index in [0.29, 0.717) is 5.33 Å². The first-order valence-electron chi connectivity index (χ1n) is 4.00. The molecule has 0 unspecified atom stereocenters. The molecule has 1 aromatic carbocycles. The van der Waals surface area contributed by atoms with E-state index < -0.39 is 0 Å². The molecule has 5 heteroatoms. The van der Waals surface area contributed by atoms with Gasteiger partial charge in [-0.05, 0) is 42.6 Å². The van der Waals surface area contributed by atoms with Crippen molar-refractivity contribution in [3.8, 4) is 0 Å². The summed E-state index contributed by atoms with van der Waals surface area (Å²) in [6.07, 6.45) is 0. The summed E-state index contributed by atoms with van der Waals surface area (Å²) in [7, 11) is 0. The van der Waals surface area contributed by atoms with E-state index in [4.69, 9.17) is 5.14 Å². The normalized spacial score (nSPS) is 9.93. The highest BCUT2D eigenvalue weighted by molar-refractivity contribution is 9.09. The predicted molar refractivity (Wildman–Crippen MR) is 63.6 cm³/mol. The largest absolute Gasteiger partial charge is 0.325 e. The van der Waals surface area contributed by atoms with Gasteiger partial charge < -0.3 is 5.32 Å². The summed E-state index contributed by atoms with van der Waals surface area (Å²) in [5.41, 5.74) is 1.84. The molecular weight excluding hydrogens is 264 g/mol. The molecule has 1 aromatic rings. The number of amides is 1. The van der Waals surface area contributed by atoms with Crippen LogP contribution in [-0.4, -0.2) is 11.2 Å². The average molecular weight is 275 g/mol. The third-order valence-corrected chi connectivity index (χ3v) is 2.76. The fourth-order valence-electron chi connectivity index (χ4n) is 1.03. The molecule has 0 aliphatic carbocycles. The molecule has 0 radical (unpaired) electrons. The minimum atomic E-state index is -0.0544. The van der Waals surface area contributed by atoms with Gasteiger partial charge in [-0.1, -0.05) is 15.9 Å². The second-order valence-electron chi connectivity index (χ2n) is 2.78. The lowest BCUT2D eigenvalue weighted by atomic mass is 10.2. The van der Waals surface area contributed by atoms with Crippen LogP contribution in [0.15, 0.2) is 23.1 Å². The van der Waals surface area contributed by atoms with Gasteiger partial charge in [0.15, 0.2) is 0 Å². The summed E-state index contributed by atoms with van der Waals surface area (Å²) in [6.45, 7) is 1.93. The zero-order chi connectivity index (χ0) is 10.6. The Morgan fingerprint density at radius 1 is 1.64 bits per heavy atom. The van der Waals surface area contributed by atoms with Crippen molar-refractivity contribution in [1.82, 2.24) is 0 Å². The van der Waals surface area contributed by atoms with Gasteiger partial charge in [0.1, 0.15) is 0 Å². The highest BCUT2D eigenvalue weighted by Gasteiger charge is 2.03. The van der Waals surface area contributed by atoms with E-state index in [1.165, 1.54) is 11.9 Å². The Hall–Kier alpha value is -0.520. The van der Waals surface area contributed by atoms with E-state index in [0.717, 1.165) is 16.1 Å². The molecule has 0 saturated carbocycles. The molecule has 0 atom stereocenters. The Kier molecular flexibility index (Phi) is 4.44. The van der Waals surface area contributed by atoms with Crippen molar-refractivity contribution in [2.45, 2.75) is 11.8 Å². The fourth-order valence-corrected chi connectivity index (χ4v) is 1.56. The maximum atomic E-state index is 11.1. The standard InChI is InChI=1S/C9H11BrN2OS/c1-6-4-7(14-11)2-3-8(6)12-9(13)5-10/h2-4H,5,11H2,1H3,(H,12,13). The molecule has 3 nitrogen and oxygen atoms in total. The number of carbonyl (C=O) groups is 1. The molecule has 1 amide bonds. The molecule has 0 aliphatic heterocycles. The maximum absolute atomic E-state index is 11.1.